The van der Waals surface area contributed by atoms with E-state index in [1.807, 2.05) is 10.8 Å². The van der Waals surface area contributed by atoms with Crippen molar-refractivity contribution in [3.8, 4) is 5.69 Å². The first-order valence-corrected chi connectivity index (χ1v) is 7.38. The maximum absolute atomic E-state index is 4.56. The van der Waals surface area contributed by atoms with Gasteiger partial charge in [0.25, 0.3) is 0 Å². The summed E-state index contributed by atoms with van der Waals surface area (Å²) in [6, 6.07) is 0.835. The standard InChI is InChI=1S/C14H18N6/c1-2-11-14-18-17-9-19(14)12-7-15-8-16-13(12)20(11)10-5-3-4-6-10/h7-11H,2-6H2,1H3. The van der Waals surface area contributed by atoms with E-state index in [4.69, 9.17) is 0 Å². The Morgan fingerprint density at radius 2 is 2.15 bits per heavy atom. The van der Waals surface area contributed by atoms with E-state index < -0.39 is 0 Å². The van der Waals surface area contributed by atoms with Crippen LogP contribution in [-0.2, 0) is 0 Å². The molecule has 1 aliphatic heterocycles. The lowest BCUT2D eigenvalue weighted by Crippen LogP contribution is -2.41. The van der Waals surface area contributed by atoms with E-state index >= 15 is 0 Å². The van der Waals surface area contributed by atoms with E-state index in [9.17, 15) is 0 Å². The average molecular weight is 270 g/mol. The molecule has 6 heteroatoms. The quantitative estimate of drug-likeness (QED) is 0.837. The first-order valence-electron chi connectivity index (χ1n) is 7.38. The van der Waals surface area contributed by atoms with Gasteiger partial charge in [-0.25, -0.2) is 9.97 Å². The molecule has 1 unspecified atom stereocenters. The Bertz CT molecular complexity index is 616. The summed E-state index contributed by atoms with van der Waals surface area (Å²) in [6.07, 6.45) is 11.4. The molecule has 6 nitrogen and oxygen atoms in total. The van der Waals surface area contributed by atoms with Crippen molar-refractivity contribution in [3.05, 3.63) is 24.7 Å². The minimum Gasteiger partial charge on any atom is -0.342 e. The molecule has 1 atom stereocenters. The third-order valence-corrected chi connectivity index (χ3v) is 4.49. The number of hydrogen-bond acceptors (Lipinski definition) is 5. The van der Waals surface area contributed by atoms with E-state index in [0.29, 0.717) is 6.04 Å². The molecule has 4 rings (SSSR count). The lowest BCUT2D eigenvalue weighted by Gasteiger charge is -2.40. The van der Waals surface area contributed by atoms with Gasteiger partial charge in [-0.3, -0.25) is 4.57 Å². The number of aromatic nitrogens is 5. The van der Waals surface area contributed by atoms with Gasteiger partial charge in [0.15, 0.2) is 11.6 Å². The maximum atomic E-state index is 4.56. The van der Waals surface area contributed by atoms with Crippen molar-refractivity contribution >= 4 is 5.82 Å². The lowest BCUT2D eigenvalue weighted by atomic mass is 10.0. The van der Waals surface area contributed by atoms with Crippen molar-refractivity contribution in [3.63, 3.8) is 0 Å². The summed E-state index contributed by atoms with van der Waals surface area (Å²) in [5.74, 6) is 2.05. The highest BCUT2D eigenvalue weighted by Gasteiger charge is 2.37. The van der Waals surface area contributed by atoms with Crippen LogP contribution in [0.1, 0.15) is 50.9 Å². The van der Waals surface area contributed by atoms with E-state index in [1.165, 1.54) is 25.7 Å². The zero-order valence-corrected chi connectivity index (χ0v) is 11.6. The molecule has 2 aliphatic rings. The van der Waals surface area contributed by atoms with Gasteiger partial charge >= 0.3 is 0 Å². The van der Waals surface area contributed by atoms with Crippen LogP contribution in [0.2, 0.25) is 0 Å². The molecule has 0 saturated heterocycles. The highest BCUT2D eigenvalue weighted by molar-refractivity contribution is 5.61. The van der Waals surface area contributed by atoms with Gasteiger partial charge in [0.05, 0.1) is 12.2 Å². The Kier molecular flexibility index (Phi) is 2.68. The third kappa shape index (κ3) is 1.57. The minimum absolute atomic E-state index is 0.267. The molecule has 1 saturated carbocycles. The van der Waals surface area contributed by atoms with Crippen molar-refractivity contribution in [1.82, 2.24) is 24.7 Å². The number of nitrogens with zero attached hydrogens (tertiary/aromatic N) is 6. The molecule has 1 fully saturated rings. The van der Waals surface area contributed by atoms with Crippen LogP contribution in [0, 0.1) is 0 Å². The molecule has 1 aliphatic carbocycles. The maximum Gasteiger partial charge on any atom is 0.160 e. The normalized spacial score (nSPS) is 21.9. The van der Waals surface area contributed by atoms with E-state index in [1.54, 1.807) is 12.7 Å². The van der Waals surface area contributed by atoms with Crippen molar-refractivity contribution in [2.45, 2.75) is 51.1 Å². The van der Waals surface area contributed by atoms with Gasteiger partial charge in [0.1, 0.15) is 18.3 Å². The van der Waals surface area contributed by atoms with Gasteiger partial charge in [0, 0.05) is 6.04 Å². The number of hydrogen-bond donors (Lipinski definition) is 0. The lowest BCUT2D eigenvalue weighted by molar-refractivity contribution is 0.468. The molecule has 2 aromatic heterocycles. The van der Waals surface area contributed by atoms with Crippen LogP contribution in [0.5, 0.6) is 0 Å². The molecule has 104 valence electrons. The predicted molar refractivity (Wildman–Crippen MR) is 74.7 cm³/mol. The summed E-state index contributed by atoms with van der Waals surface area (Å²) in [4.78, 5) is 11.2. The first-order chi connectivity index (χ1) is 9.90. The molecule has 0 bridgehead atoms. The van der Waals surface area contributed by atoms with E-state index in [0.717, 1.165) is 23.8 Å². The molecule has 0 radical (unpaired) electrons. The Morgan fingerprint density at radius 3 is 2.95 bits per heavy atom. The average Bonchev–Trinajstić information content (AvgIpc) is 3.16. The SMILES string of the molecule is CCC1c2nncn2-c2cncnc2N1C1CCCC1. The minimum atomic E-state index is 0.267. The van der Waals surface area contributed by atoms with Crippen molar-refractivity contribution < 1.29 is 0 Å². The Morgan fingerprint density at radius 1 is 1.30 bits per heavy atom. The number of anilines is 1. The van der Waals surface area contributed by atoms with E-state index in [2.05, 4.69) is 32.0 Å². The zero-order valence-electron chi connectivity index (χ0n) is 11.6. The fourth-order valence-corrected chi connectivity index (χ4v) is 3.60. The van der Waals surface area contributed by atoms with Crippen LogP contribution in [0.3, 0.4) is 0 Å². The van der Waals surface area contributed by atoms with Crippen molar-refractivity contribution in [2.24, 2.45) is 0 Å². The third-order valence-electron chi connectivity index (χ3n) is 4.49. The summed E-state index contributed by atoms with van der Waals surface area (Å²) in [7, 11) is 0. The second-order valence-corrected chi connectivity index (χ2v) is 5.56. The molecular formula is C14H18N6. The Labute approximate surface area is 117 Å². The summed E-state index contributed by atoms with van der Waals surface area (Å²) in [5.41, 5.74) is 1.00. The van der Waals surface area contributed by atoms with E-state index in [-0.39, 0.29) is 6.04 Å². The smallest absolute Gasteiger partial charge is 0.160 e. The molecule has 0 N–H and O–H groups in total. The summed E-state index contributed by atoms with van der Waals surface area (Å²) < 4.78 is 2.04. The molecule has 0 spiro atoms. The van der Waals surface area contributed by atoms with Crippen LogP contribution in [0.25, 0.3) is 5.69 Å². The molecule has 3 heterocycles. The molecular weight excluding hydrogens is 252 g/mol. The van der Waals surface area contributed by atoms with Crippen LogP contribution in [-0.4, -0.2) is 30.8 Å². The van der Waals surface area contributed by atoms with Gasteiger partial charge < -0.3 is 4.90 Å². The molecule has 0 amide bonds. The predicted octanol–water partition coefficient (Wildman–Crippen LogP) is 2.27. The van der Waals surface area contributed by atoms with Crippen LogP contribution < -0.4 is 4.90 Å². The van der Waals surface area contributed by atoms with Gasteiger partial charge in [-0.1, -0.05) is 19.8 Å². The highest BCUT2D eigenvalue weighted by atomic mass is 15.4. The fourth-order valence-electron chi connectivity index (χ4n) is 3.60. The van der Waals surface area contributed by atoms with Crippen LogP contribution in [0.4, 0.5) is 5.82 Å². The Hall–Kier alpha value is -1.98. The highest BCUT2D eigenvalue weighted by Crippen LogP contribution is 2.41. The molecule has 0 aromatic carbocycles. The van der Waals surface area contributed by atoms with Crippen molar-refractivity contribution in [1.29, 1.82) is 0 Å². The zero-order chi connectivity index (χ0) is 13.5. The second-order valence-electron chi connectivity index (χ2n) is 5.56. The topological polar surface area (TPSA) is 59.7 Å². The van der Waals surface area contributed by atoms with Crippen molar-refractivity contribution in [2.75, 3.05) is 4.90 Å². The Balaban J connectivity index is 1.89. The van der Waals surface area contributed by atoms with Gasteiger partial charge in [0.2, 0.25) is 0 Å². The first kappa shape index (κ1) is 11.8. The number of rotatable bonds is 2. The van der Waals surface area contributed by atoms with Crippen LogP contribution >= 0.6 is 0 Å². The largest absolute Gasteiger partial charge is 0.342 e. The summed E-state index contributed by atoms with van der Waals surface area (Å²) in [5, 5.41) is 8.44. The molecule has 2 aromatic rings. The van der Waals surface area contributed by atoms with Crippen LogP contribution in [0.15, 0.2) is 18.9 Å². The monoisotopic (exact) mass is 270 g/mol. The van der Waals surface area contributed by atoms with Gasteiger partial charge in [-0.05, 0) is 19.3 Å². The summed E-state index contributed by atoms with van der Waals surface area (Å²) >= 11 is 0. The van der Waals surface area contributed by atoms with Gasteiger partial charge in [-0.15, -0.1) is 10.2 Å². The summed E-state index contributed by atoms with van der Waals surface area (Å²) in [6.45, 7) is 2.21. The fraction of sp³-hybridized carbons (Fsp3) is 0.571. The number of fused-ring (bicyclic) bond motifs is 3. The molecule has 20 heavy (non-hydrogen) atoms. The van der Waals surface area contributed by atoms with Gasteiger partial charge in [-0.2, -0.15) is 0 Å². The second kappa shape index (κ2) is 4.54.